The molecule has 10 heteroatoms. The van der Waals surface area contributed by atoms with Crippen molar-refractivity contribution >= 4 is 17.5 Å². The first-order valence-electron chi connectivity index (χ1n) is 9.28. The number of fused-ring (bicyclic) bond motifs is 1. The summed E-state index contributed by atoms with van der Waals surface area (Å²) >= 11 is 0. The Balaban J connectivity index is 0.000000491. The lowest BCUT2D eigenvalue weighted by Gasteiger charge is -2.18. The van der Waals surface area contributed by atoms with Crippen LogP contribution in [-0.4, -0.2) is 46.6 Å². The number of aliphatic carboxylic acids is 1. The van der Waals surface area contributed by atoms with E-state index >= 15 is 0 Å². The van der Waals surface area contributed by atoms with Gasteiger partial charge in [0.2, 0.25) is 0 Å². The Morgan fingerprint density at radius 3 is 2.61 bits per heavy atom. The topological polar surface area (TPSA) is 82.5 Å². The monoisotopic (exact) mass is 431 g/mol. The fourth-order valence-electron chi connectivity index (χ4n) is 3.13. The summed E-state index contributed by atoms with van der Waals surface area (Å²) in [6, 6.07) is 12.2. The van der Waals surface area contributed by atoms with Gasteiger partial charge in [-0.3, -0.25) is 0 Å². The second-order valence-corrected chi connectivity index (χ2v) is 6.77. The minimum atomic E-state index is -2.49. The van der Waals surface area contributed by atoms with Crippen LogP contribution in [0.4, 0.5) is 24.7 Å². The fraction of sp³-hybridized carbons (Fsp3) is 0.238. The van der Waals surface area contributed by atoms with Gasteiger partial charge in [-0.15, -0.1) is 0 Å². The van der Waals surface area contributed by atoms with E-state index in [-0.39, 0.29) is 5.56 Å². The minimum absolute atomic E-state index is 0.0107. The van der Waals surface area contributed by atoms with Gasteiger partial charge in [-0.1, -0.05) is 18.2 Å². The third-order valence-corrected chi connectivity index (χ3v) is 4.50. The second kappa shape index (κ2) is 9.88. The lowest BCUT2D eigenvalue weighted by Crippen LogP contribution is -2.28. The van der Waals surface area contributed by atoms with Crippen molar-refractivity contribution in [3.63, 3.8) is 0 Å². The number of rotatable bonds is 5. The van der Waals surface area contributed by atoms with E-state index in [4.69, 9.17) is 9.90 Å². The van der Waals surface area contributed by atoms with Crippen molar-refractivity contribution in [2.45, 2.75) is 13.0 Å². The predicted molar refractivity (Wildman–Crippen MR) is 110 cm³/mol. The van der Waals surface area contributed by atoms with E-state index in [1.807, 2.05) is 36.2 Å². The molecule has 3 heterocycles. The van der Waals surface area contributed by atoms with E-state index in [0.29, 0.717) is 13.2 Å². The Bertz CT molecular complexity index is 1040. The molecule has 0 aliphatic carbocycles. The average Bonchev–Trinajstić information content (AvgIpc) is 3.09. The van der Waals surface area contributed by atoms with Gasteiger partial charge in [-0.2, -0.15) is 10.2 Å². The molecule has 0 saturated carbocycles. The third-order valence-electron chi connectivity index (χ3n) is 4.50. The molecule has 3 aromatic rings. The van der Waals surface area contributed by atoms with Gasteiger partial charge in [0.15, 0.2) is 12.5 Å². The molecule has 162 valence electrons. The van der Waals surface area contributed by atoms with Gasteiger partial charge in [0, 0.05) is 30.6 Å². The van der Waals surface area contributed by atoms with Gasteiger partial charge >= 0.3 is 5.97 Å². The summed E-state index contributed by atoms with van der Waals surface area (Å²) in [5.41, 5.74) is 3.37. The maximum Gasteiger partial charge on any atom is 0.335 e. The minimum Gasteiger partial charge on any atom is -0.479 e. The Labute approximate surface area is 176 Å². The molecule has 0 atom stereocenters. The maximum absolute atomic E-state index is 13.0. The number of hydrogen-bond donors (Lipinski definition) is 1. The number of halogens is 3. The van der Waals surface area contributed by atoms with Crippen LogP contribution in [0.3, 0.4) is 0 Å². The van der Waals surface area contributed by atoms with Crippen LogP contribution in [0.25, 0.3) is 11.1 Å². The van der Waals surface area contributed by atoms with E-state index in [1.165, 1.54) is 12.1 Å². The van der Waals surface area contributed by atoms with Crippen LogP contribution in [0.5, 0.6) is 0 Å². The summed E-state index contributed by atoms with van der Waals surface area (Å²) in [6.07, 6.45) is 0.881. The number of anilines is 2. The number of carbonyl (C=O) groups is 1. The van der Waals surface area contributed by atoms with Gasteiger partial charge in [-0.05, 0) is 29.8 Å². The van der Waals surface area contributed by atoms with Crippen LogP contribution in [0.2, 0.25) is 0 Å². The molecule has 2 aromatic heterocycles. The molecule has 0 amide bonds. The number of carboxylic acid groups (broad SMARTS) is 1. The van der Waals surface area contributed by atoms with Crippen LogP contribution in [0, 0.1) is 0 Å². The summed E-state index contributed by atoms with van der Waals surface area (Å²) in [7, 11) is 1.97. The SMILES string of the molecule is CN1CN(Cc2cccnn2)c2cc(-c3cccc(C(F)F)c3)cnc21.O=C(O)CF. The van der Waals surface area contributed by atoms with Crippen molar-refractivity contribution in [3.8, 4) is 11.1 Å². The zero-order valence-corrected chi connectivity index (χ0v) is 16.6. The maximum atomic E-state index is 13.0. The highest BCUT2D eigenvalue weighted by molar-refractivity contribution is 5.78. The molecule has 4 rings (SSSR count). The summed E-state index contributed by atoms with van der Waals surface area (Å²) in [5.74, 6) is -0.548. The molecule has 0 spiro atoms. The Hall–Kier alpha value is -3.69. The van der Waals surface area contributed by atoms with Crippen LogP contribution in [-0.2, 0) is 11.3 Å². The smallest absolute Gasteiger partial charge is 0.335 e. The van der Waals surface area contributed by atoms with Crippen molar-refractivity contribution in [1.82, 2.24) is 15.2 Å². The van der Waals surface area contributed by atoms with E-state index in [1.54, 1.807) is 18.5 Å². The van der Waals surface area contributed by atoms with E-state index in [0.717, 1.165) is 28.3 Å². The van der Waals surface area contributed by atoms with Crippen LogP contribution in [0.15, 0.2) is 54.9 Å². The van der Waals surface area contributed by atoms with E-state index in [9.17, 15) is 13.2 Å². The molecule has 0 radical (unpaired) electrons. The molecular weight excluding hydrogens is 411 g/mol. The highest BCUT2D eigenvalue weighted by atomic mass is 19.3. The molecule has 0 bridgehead atoms. The molecule has 1 aliphatic rings. The third kappa shape index (κ3) is 5.47. The van der Waals surface area contributed by atoms with Crippen molar-refractivity contribution < 1.29 is 23.1 Å². The highest BCUT2D eigenvalue weighted by Gasteiger charge is 2.25. The molecule has 1 aliphatic heterocycles. The number of alkyl halides is 3. The average molecular weight is 431 g/mol. The van der Waals surface area contributed by atoms with Gasteiger partial charge in [0.1, 0.15) is 0 Å². The van der Waals surface area contributed by atoms with Gasteiger partial charge < -0.3 is 14.9 Å². The Morgan fingerprint density at radius 1 is 1.19 bits per heavy atom. The summed E-state index contributed by atoms with van der Waals surface area (Å²) < 4.78 is 36.5. The number of pyridine rings is 1. The number of benzene rings is 1. The summed E-state index contributed by atoms with van der Waals surface area (Å²) in [4.78, 5) is 17.7. The lowest BCUT2D eigenvalue weighted by molar-refractivity contribution is -0.137. The molecule has 31 heavy (non-hydrogen) atoms. The standard InChI is InChI=1S/C19H17F2N5.C2H3FO2/c1-25-12-26(11-16-6-3-7-23-24-16)17-9-15(10-22-19(17)25)13-4-2-5-14(8-13)18(20)21;3-1-2(4)5/h2-10,18H,11-12H2,1H3;1H2,(H,4,5). The van der Waals surface area contributed by atoms with Crippen molar-refractivity contribution in [3.05, 3.63) is 66.1 Å². The zero-order chi connectivity index (χ0) is 22.4. The van der Waals surface area contributed by atoms with Gasteiger partial charge in [-0.25, -0.2) is 22.9 Å². The van der Waals surface area contributed by atoms with Crippen molar-refractivity contribution in [1.29, 1.82) is 0 Å². The predicted octanol–water partition coefficient (Wildman–Crippen LogP) is 3.93. The van der Waals surface area contributed by atoms with Crippen LogP contribution < -0.4 is 9.80 Å². The molecule has 1 aromatic carbocycles. The number of aromatic nitrogens is 3. The first-order valence-corrected chi connectivity index (χ1v) is 9.28. The van der Waals surface area contributed by atoms with E-state index in [2.05, 4.69) is 20.1 Å². The van der Waals surface area contributed by atoms with Gasteiger partial charge in [0.05, 0.1) is 24.6 Å². The number of carboxylic acids is 1. The molecule has 0 fully saturated rings. The first kappa shape index (κ1) is 22.0. The largest absolute Gasteiger partial charge is 0.479 e. The summed E-state index contributed by atoms with van der Waals surface area (Å²) in [5, 5.41) is 15.4. The van der Waals surface area contributed by atoms with Crippen LogP contribution in [0.1, 0.15) is 17.7 Å². The molecular formula is C21H20F3N5O2. The molecule has 7 nitrogen and oxygen atoms in total. The second-order valence-electron chi connectivity index (χ2n) is 6.77. The zero-order valence-electron chi connectivity index (χ0n) is 16.6. The van der Waals surface area contributed by atoms with Crippen molar-refractivity contribution in [2.75, 3.05) is 30.2 Å². The summed E-state index contributed by atoms with van der Waals surface area (Å²) in [6.45, 7) is 0.00677. The number of nitrogens with zero attached hydrogens (tertiary/aromatic N) is 5. The van der Waals surface area contributed by atoms with E-state index < -0.39 is 19.1 Å². The molecule has 1 N–H and O–H groups in total. The molecule has 0 saturated heterocycles. The fourth-order valence-corrected chi connectivity index (χ4v) is 3.13. The first-order chi connectivity index (χ1) is 14.9. The quantitative estimate of drug-likeness (QED) is 0.655. The Morgan fingerprint density at radius 2 is 1.97 bits per heavy atom. The Kier molecular flexibility index (Phi) is 7.01. The number of hydrogen-bond acceptors (Lipinski definition) is 6. The normalized spacial score (nSPS) is 12.4. The lowest BCUT2D eigenvalue weighted by atomic mass is 10.0. The van der Waals surface area contributed by atoms with Crippen LogP contribution >= 0.6 is 0 Å². The van der Waals surface area contributed by atoms with Gasteiger partial charge in [0.25, 0.3) is 6.43 Å². The van der Waals surface area contributed by atoms with Crippen molar-refractivity contribution in [2.24, 2.45) is 0 Å². The molecule has 0 unspecified atom stereocenters. The highest BCUT2D eigenvalue weighted by Crippen LogP contribution is 2.37.